The van der Waals surface area contributed by atoms with Crippen molar-refractivity contribution in [3.63, 3.8) is 0 Å². The lowest BCUT2D eigenvalue weighted by Gasteiger charge is -2.26. The van der Waals surface area contributed by atoms with E-state index in [0.717, 1.165) is 11.3 Å². The second-order valence-corrected chi connectivity index (χ2v) is 8.48. The van der Waals surface area contributed by atoms with Crippen LogP contribution in [0.15, 0.2) is 84.9 Å². The number of anilines is 2. The minimum atomic E-state index is -0.910. The molecule has 3 atom stereocenters. The lowest BCUT2D eigenvalue weighted by molar-refractivity contribution is -0.126. The van der Waals surface area contributed by atoms with E-state index in [4.69, 9.17) is 28.0 Å². The molecule has 0 spiro atoms. The fraction of sp³-hybridized carbons (Fsp3) is 0.120. The van der Waals surface area contributed by atoms with Crippen LogP contribution in [0.4, 0.5) is 11.4 Å². The van der Waals surface area contributed by atoms with Crippen molar-refractivity contribution in [3.05, 3.63) is 101 Å². The van der Waals surface area contributed by atoms with Crippen molar-refractivity contribution in [2.75, 3.05) is 9.96 Å². The van der Waals surface area contributed by atoms with Crippen LogP contribution >= 0.6 is 23.2 Å². The highest BCUT2D eigenvalue weighted by Gasteiger charge is 2.59. The maximum absolute atomic E-state index is 13.4. The number of hydroxylamine groups is 1. The van der Waals surface area contributed by atoms with Gasteiger partial charge in [0.05, 0.1) is 17.4 Å². The molecule has 1 unspecified atom stereocenters. The van der Waals surface area contributed by atoms with Crippen LogP contribution in [0.5, 0.6) is 0 Å². The van der Waals surface area contributed by atoms with Crippen molar-refractivity contribution < 1.29 is 14.4 Å². The van der Waals surface area contributed by atoms with Gasteiger partial charge in [0, 0.05) is 10.0 Å². The molecule has 0 aromatic heterocycles. The number of halogens is 2. The van der Waals surface area contributed by atoms with Gasteiger partial charge in [0.25, 0.3) is 5.91 Å². The maximum Gasteiger partial charge on any atom is 0.266 e. The number of carbonyl (C=O) groups excluding carboxylic acids is 2. The topological polar surface area (TPSA) is 49.9 Å². The molecule has 5 rings (SSSR count). The molecule has 0 radical (unpaired) electrons. The van der Waals surface area contributed by atoms with Crippen LogP contribution < -0.4 is 9.96 Å². The summed E-state index contributed by atoms with van der Waals surface area (Å²) in [5, 5.41) is 2.79. The third-order valence-corrected chi connectivity index (χ3v) is 6.08. The molecule has 3 aromatic rings. The summed E-state index contributed by atoms with van der Waals surface area (Å²) in [6.45, 7) is 0. The van der Waals surface area contributed by atoms with Crippen LogP contribution in [-0.2, 0) is 14.4 Å². The van der Waals surface area contributed by atoms with Crippen LogP contribution in [0, 0.1) is 5.92 Å². The number of imide groups is 1. The van der Waals surface area contributed by atoms with E-state index in [2.05, 4.69) is 0 Å². The summed E-state index contributed by atoms with van der Waals surface area (Å²) in [5.41, 5.74) is 2.13. The van der Waals surface area contributed by atoms with Gasteiger partial charge in [-0.25, -0.2) is 9.96 Å². The van der Waals surface area contributed by atoms with Crippen LogP contribution in [0.25, 0.3) is 6.08 Å². The van der Waals surface area contributed by atoms with E-state index in [1.807, 2.05) is 60.7 Å². The highest BCUT2D eigenvalue weighted by atomic mass is 35.5. The van der Waals surface area contributed by atoms with Gasteiger partial charge in [-0.1, -0.05) is 65.7 Å². The van der Waals surface area contributed by atoms with Crippen LogP contribution in [0.1, 0.15) is 5.56 Å². The van der Waals surface area contributed by atoms with Crippen molar-refractivity contribution in [1.82, 2.24) is 0 Å². The van der Waals surface area contributed by atoms with Gasteiger partial charge < -0.3 is 0 Å². The summed E-state index contributed by atoms with van der Waals surface area (Å²) in [4.78, 5) is 33.9. The molecule has 3 aromatic carbocycles. The Balaban J connectivity index is 1.52. The first-order valence-corrected chi connectivity index (χ1v) is 10.9. The Morgan fingerprint density at radius 3 is 2.25 bits per heavy atom. The number of benzene rings is 3. The Kier molecular flexibility index (Phi) is 5.47. The van der Waals surface area contributed by atoms with E-state index in [0.29, 0.717) is 15.7 Å². The molecule has 2 saturated heterocycles. The van der Waals surface area contributed by atoms with Gasteiger partial charge in [0.15, 0.2) is 6.10 Å². The largest absolute Gasteiger partial charge is 0.273 e. The highest BCUT2D eigenvalue weighted by Crippen LogP contribution is 2.41. The third kappa shape index (κ3) is 3.69. The number of hydrogen-bond donors (Lipinski definition) is 0. The first-order valence-electron chi connectivity index (χ1n) is 10.1. The smallest absolute Gasteiger partial charge is 0.266 e. The van der Waals surface area contributed by atoms with Crippen molar-refractivity contribution in [3.8, 4) is 0 Å². The molecule has 0 N–H and O–H groups in total. The molecule has 160 valence electrons. The SMILES string of the molecule is O=C1[C@@H]2ON(c3ccccc3)C(/C=C/c3cccc(Cl)c3)[C@@H]2C(=O)N1c1ccc(Cl)cc1. The lowest BCUT2D eigenvalue weighted by Crippen LogP contribution is -2.39. The molecule has 2 amide bonds. The van der Waals surface area contributed by atoms with Crippen molar-refractivity contribution in [1.29, 1.82) is 0 Å². The summed E-state index contributed by atoms with van der Waals surface area (Å²) in [7, 11) is 0. The van der Waals surface area contributed by atoms with E-state index < -0.39 is 18.1 Å². The van der Waals surface area contributed by atoms with Crippen LogP contribution in [0.3, 0.4) is 0 Å². The van der Waals surface area contributed by atoms with E-state index >= 15 is 0 Å². The number of rotatable bonds is 4. The van der Waals surface area contributed by atoms with Crippen molar-refractivity contribution in [2.45, 2.75) is 12.1 Å². The van der Waals surface area contributed by atoms with Gasteiger partial charge in [0.2, 0.25) is 5.91 Å². The molecular formula is C25H18Cl2N2O3. The molecular weight excluding hydrogens is 447 g/mol. The number of para-hydroxylation sites is 1. The number of amides is 2. The monoisotopic (exact) mass is 464 g/mol. The normalized spacial score (nSPS) is 22.8. The number of nitrogens with zero attached hydrogens (tertiary/aromatic N) is 2. The van der Waals surface area contributed by atoms with Crippen LogP contribution in [-0.4, -0.2) is 24.0 Å². The minimum absolute atomic E-state index is 0.304. The Bertz CT molecular complexity index is 1200. The summed E-state index contributed by atoms with van der Waals surface area (Å²) in [5.74, 6) is -1.38. The van der Waals surface area contributed by atoms with Crippen LogP contribution in [0.2, 0.25) is 10.0 Å². The van der Waals surface area contributed by atoms with Gasteiger partial charge >= 0.3 is 0 Å². The fourth-order valence-electron chi connectivity index (χ4n) is 4.11. The number of fused-ring (bicyclic) bond motifs is 1. The number of carbonyl (C=O) groups is 2. The molecule has 2 aliphatic heterocycles. The summed E-state index contributed by atoms with van der Waals surface area (Å²) in [6.07, 6.45) is 2.87. The zero-order valence-corrected chi connectivity index (χ0v) is 18.3. The molecule has 2 heterocycles. The molecule has 7 heteroatoms. The average molecular weight is 465 g/mol. The first-order chi connectivity index (χ1) is 15.5. The van der Waals surface area contributed by atoms with Gasteiger partial charge in [-0.2, -0.15) is 0 Å². The molecule has 0 bridgehead atoms. The Labute approximate surface area is 195 Å². The summed E-state index contributed by atoms with van der Waals surface area (Å²) < 4.78 is 0. The highest BCUT2D eigenvalue weighted by molar-refractivity contribution is 6.31. The zero-order valence-electron chi connectivity index (χ0n) is 16.8. The van der Waals surface area contributed by atoms with Gasteiger partial charge in [-0.05, 0) is 54.1 Å². The third-order valence-electron chi connectivity index (χ3n) is 5.59. The Morgan fingerprint density at radius 2 is 1.53 bits per heavy atom. The zero-order chi connectivity index (χ0) is 22.2. The standard InChI is InChI=1S/C25H18Cl2N2O3/c26-17-10-12-19(13-11-17)28-24(30)22-21(14-9-16-5-4-6-18(27)15-16)29(32-23(22)25(28)31)20-7-2-1-3-8-20/h1-15,21-23H/b14-9+/t21?,22-,23+/m0/s1. The van der Waals surface area contributed by atoms with E-state index in [1.54, 1.807) is 35.4 Å². The van der Waals surface area contributed by atoms with E-state index in [-0.39, 0.29) is 11.8 Å². The van der Waals surface area contributed by atoms with E-state index in [9.17, 15) is 9.59 Å². The first kappa shape index (κ1) is 20.8. The quantitative estimate of drug-likeness (QED) is 0.486. The predicted molar refractivity (Wildman–Crippen MR) is 126 cm³/mol. The van der Waals surface area contributed by atoms with Gasteiger partial charge in [-0.3, -0.25) is 14.4 Å². The second kappa shape index (κ2) is 8.43. The van der Waals surface area contributed by atoms with Gasteiger partial charge in [-0.15, -0.1) is 0 Å². The Morgan fingerprint density at radius 1 is 0.781 bits per heavy atom. The van der Waals surface area contributed by atoms with Gasteiger partial charge in [0.1, 0.15) is 5.92 Å². The summed E-state index contributed by atoms with van der Waals surface area (Å²) in [6, 6.07) is 23.0. The maximum atomic E-state index is 13.4. The second-order valence-electron chi connectivity index (χ2n) is 7.61. The summed E-state index contributed by atoms with van der Waals surface area (Å²) >= 11 is 12.1. The lowest BCUT2D eigenvalue weighted by atomic mass is 9.95. The Hall–Kier alpha value is -3.12. The fourth-order valence-corrected chi connectivity index (χ4v) is 4.44. The molecule has 0 saturated carbocycles. The van der Waals surface area contributed by atoms with Crippen molar-refractivity contribution in [2.24, 2.45) is 5.92 Å². The molecule has 32 heavy (non-hydrogen) atoms. The minimum Gasteiger partial charge on any atom is -0.273 e. The molecule has 2 aliphatic rings. The molecule has 5 nitrogen and oxygen atoms in total. The average Bonchev–Trinajstić information content (AvgIpc) is 3.29. The molecule has 0 aliphatic carbocycles. The van der Waals surface area contributed by atoms with Crippen molar-refractivity contribution >= 4 is 52.5 Å². The number of hydrogen-bond acceptors (Lipinski definition) is 4. The predicted octanol–water partition coefficient (Wildman–Crippen LogP) is 5.39. The molecule has 2 fully saturated rings. The van der Waals surface area contributed by atoms with E-state index in [1.165, 1.54) is 4.90 Å².